The maximum atomic E-state index is 13.0. The fourth-order valence-corrected chi connectivity index (χ4v) is 11.7. The third-order valence-corrected chi connectivity index (χ3v) is 17.3. The lowest BCUT2D eigenvalue weighted by Gasteiger charge is -2.18. The van der Waals surface area contributed by atoms with Crippen LogP contribution in [0.1, 0.15) is 432 Å². The monoisotopic (exact) mass is 1140 g/mol. The van der Waals surface area contributed by atoms with Crippen LogP contribution in [0.5, 0.6) is 0 Å². The zero-order valence-electron chi connectivity index (χ0n) is 55.4. The lowest BCUT2D eigenvalue weighted by molar-refractivity contribution is -0.167. The van der Waals surface area contributed by atoms with Crippen molar-refractivity contribution in [1.29, 1.82) is 0 Å². The summed E-state index contributed by atoms with van der Waals surface area (Å²) in [4.78, 5) is 38.5. The van der Waals surface area contributed by atoms with Crippen molar-refractivity contribution in [3.63, 3.8) is 0 Å². The van der Waals surface area contributed by atoms with Gasteiger partial charge in [0, 0.05) is 19.3 Å². The van der Waals surface area contributed by atoms with Gasteiger partial charge in [0.2, 0.25) is 0 Å². The zero-order chi connectivity index (χ0) is 58.5. The Morgan fingerprint density at radius 2 is 0.407 bits per heavy atom. The van der Waals surface area contributed by atoms with Gasteiger partial charge in [-0.05, 0) is 44.9 Å². The van der Waals surface area contributed by atoms with Crippen LogP contribution in [0, 0.1) is 0 Å². The van der Waals surface area contributed by atoms with Crippen LogP contribution in [0.15, 0.2) is 12.2 Å². The highest BCUT2D eigenvalue weighted by atomic mass is 16.6. The molecule has 1 unspecified atom stereocenters. The average Bonchev–Trinajstić information content (AvgIpc) is 3.47. The number of hydrogen-bond acceptors (Lipinski definition) is 6. The van der Waals surface area contributed by atoms with E-state index < -0.39 is 6.10 Å². The number of rotatable bonds is 70. The number of ether oxygens (including phenoxy) is 3. The zero-order valence-corrected chi connectivity index (χ0v) is 55.4. The summed E-state index contributed by atoms with van der Waals surface area (Å²) < 4.78 is 17.0. The van der Waals surface area contributed by atoms with Crippen molar-refractivity contribution in [2.24, 2.45) is 0 Å². The molecule has 1 atom stereocenters. The van der Waals surface area contributed by atoms with Gasteiger partial charge in [0.25, 0.3) is 0 Å². The van der Waals surface area contributed by atoms with Crippen LogP contribution in [-0.2, 0) is 28.6 Å². The lowest BCUT2D eigenvalue weighted by Crippen LogP contribution is -2.30. The molecule has 0 amide bonds. The Labute approximate surface area is 507 Å². The molecule has 0 fully saturated rings. The van der Waals surface area contributed by atoms with Gasteiger partial charge in [-0.2, -0.15) is 0 Å². The second-order valence-corrected chi connectivity index (χ2v) is 25.6. The largest absolute Gasteiger partial charge is 0.462 e. The minimum atomic E-state index is -0.766. The maximum Gasteiger partial charge on any atom is 0.306 e. The number of carbonyl (C=O) groups is 3. The Morgan fingerprint density at radius 1 is 0.235 bits per heavy atom. The molecule has 480 valence electrons. The summed E-state index contributed by atoms with van der Waals surface area (Å²) in [5, 5.41) is 0. The van der Waals surface area contributed by atoms with Crippen molar-refractivity contribution in [3.05, 3.63) is 12.2 Å². The molecule has 0 heterocycles. The second kappa shape index (κ2) is 70.6. The summed E-state index contributed by atoms with van der Waals surface area (Å²) in [6.45, 7) is 6.74. The number of esters is 3. The van der Waals surface area contributed by atoms with Gasteiger partial charge in [-0.25, -0.2) is 0 Å². The normalized spacial score (nSPS) is 12.0. The molecule has 0 rings (SSSR count). The van der Waals surface area contributed by atoms with Crippen molar-refractivity contribution >= 4 is 17.9 Å². The van der Waals surface area contributed by atoms with Crippen LogP contribution >= 0.6 is 0 Å². The van der Waals surface area contributed by atoms with E-state index in [4.69, 9.17) is 14.2 Å². The van der Waals surface area contributed by atoms with Gasteiger partial charge in [0.05, 0.1) is 0 Å². The smallest absolute Gasteiger partial charge is 0.306 e. The summed E-state index contributed by atoms with van der Waals surface area (Å²) in [7, 11) is 0. The molecule has 0 aliphatic carbocycles. The molecule has 0 aliphatic rings. The van der Waals surface area contributed by atoms with Crippen molar-refractivity contribution in [2.45, 2.75) is 438 Å². The van der Waals surface area contributed by atoms with E-state index in [1.165, 1.54) is 334 Å². The first-order chi connectivity index (χ1) is 40.0. The predicted octanol–water partition coefficient (Wildman–Crippen LogP) is 25.6. The van der Waals surface area contributed by atoms with Crippen LogP contribution in [-0.4, -0.2) is 37.2 Å². The van der Waals surface area contributed by atoms with Crippen LogP contribution in [0.4, 0.5) is 0 Å². The van der Waals surface area contributed by atoms with E-state index in [9.17, 15) is 14.4 Å². The first-order valence-corrected chi connectivity index (χ1v) is 37.2. The fourth-order valence-electron chi connectivity index (χ4n) is 11.7. The molecule has 0 aromatic heterocycles. The van der Waals surface area contributed by atoms with Crippen LogP contribution in [0.2, 0.25) is 0 Å². The van der Waals surface area contributed by atoms with Gasteiger partial charge >= 0.3 is 17.9 Å². The maximum absolute atomic E-state index is 13.0. The summed E-state index contributed by atoms with van der Waals surface area (Å²) >= 11 is 0. The molecule has 0 radical (unpaired) electrons. The molecular formula is C75H144O6. The van der Waals surface area contributed by atoms with Gasteiger partial charge in [-0.1, -0.05) is 380 Å². The molecule has 0 aromatic rings. The van der Waals surface area contributed by atoms with Crippen molar-refractivity contribution in [1.82, 2.24) is 0 Å². The number of allylic oxidation sites excluding steroid dienone is 2. The minimum absolute atomic E-state index is 0.0619. The summed E-state index contributed by atoms with van der Waals surface area (Å²) in [5.74, 6) is -0.821. The third kappa shape index (κ3) is 68.8. The fraction of sp³-hybridized carbons (Fsp3) is 0.933. The average molecular weight is 1140 g/mol. The van der Waals surface area contributed by atoms with E-state index in [0.717, 1.165) is 57.8 Å². The summed E-state index contributed by atoms with van der Waals surface area (Å²) in [6.07, 6.45) is 85.4. The van der Waals surface area contributed by atoms with Crippen LogP contribution in [0.25, 0.3) is 0 Å². The number of unbranched alkanes of at least 4 members (excludes halogenated alkanes) is 57. The first-order valence-electron chi connectivity index (χ1n) is 37.2. The summed E-state index contributed by atoms with van der Waals surface area (Å²) in [6, 6.07) is 0. The molecule has 81 heavy (non-hydrogen) atoms. The molecule has 6 heteroatoms. The van der Waals surface area contributed by atoms with Gasteiger partial charge in [-0.15, -0.1) is 0 Å². The molecule has 0 saturated carbocycles. The van der Waals surface area contributed by atoms with E-state index in [1.807, 2.05) is 0 Å². The van der Waals surface area contributed by atoms with Gasteiger partial charge in [0.1, 0.15) is 13.2 Å². The van der Waals surface area contributed by atoms with Gasteiger partial charge < -0.3 is 14.2 Å². The number of carbonyl (C=O) groups excluding carboxylic acids is 3. The van der Waals surface area contributed by atoms with Crippen molar-refractivity contribution < 1.29 is 28.6 Å². The van der Waals surface area contributed by atoms with E-state index >= 15 is 0 Å². The Kier molecular flexibility index (Phi) is 69.0. The second-order valence-electron chi connectivity index (χ2n) is 25.6. The van der Waals surface area contributed by atoms with Crippen molar-refractivity contribution in [2.75, 3.05) is 13.2 Å². The van der Waals surface area contributed by atoms with E-state index in [2.05, 4.69) is 32.9 Å². The predicted molar refractivity (Wildman–Crippen MR) is 353 cm³/mol. The molecular weight excluding hydrogens is 997 g/mol. The third-order valence-electron chi connectivity index (χ3n) is 17.3. The highest BCUT2D eigenvalue weighted by Crippen LogP contribution is 2.19. The summed E-state index contributed by atoms with van der Waals surface area (Å²) in [5.41, 5.74) is 0. The quantitative estimate of drug-likeness (QED) is 0.0261. The minimum Gasteiger partial charge on any atom is -0.462 e. The first kappa shape index (κ1) is 79.2. The van der Waals surface area contributed by atoms with E-state index in [-0.39, 0.29) is 31.1 Å². The highest BCUT2D eigenvalue weighted by molar-refractivity contribution is 5.71. The standard InChI is InChI=1S/C75H144O6/c1-4-7-10-13-16-19-22-25-28-30-32-34-35-36-37-38-39-41-42-44-47-50-53-56-59-62-65-68-74(77)80-71-72(70-79-73(76)67-64-61-58-55-52-49-46-27-24-21-18-15-12-9-6-3)81-75(78)69-66-63-60-57-54-51-48-45-43-40-33-31-29-26-23-20-17-14-11-8-5-2/h30,32,72H,4-29,31,33-71H2,1-3H3/b32-30-. The lowest BCUT2D eigenvalue weighted by atomic mass is 10.0. The Balaban J connectivity index is 4.21. The molecule has 0 aliphatic heterocycles. The van der Waals surface area contributed by atoms with E-state index in [1.54, 1.807) is 0 Å². The Hall–Kier alpha value is -1.85. The van der Waals surface area contributed by atoms with Crippen LogP contribution in [0.3, 0.4) is 0 Å². The van der Waals surface area contributed by atoms with Gasteiger partial charge in [-0.3, -0.25) is 14.4 Å². The number of hydrogen-bond donors (Lipinski definition) is 0. The topological polar surface area (TPSA) is 78.9 Å². The molecule has 0 spiro atoms. The molecule has 0 saturated heterocycles. The molecule has 0 N–H and O–H groups in total. The SMILES string of the molecule is CCCCCCCCCC/C=C\CCCCCCCCCCCCCCCCCC(=O)OCC(COC(=O)CCCCCCCCCCCCCCCCC)OC(=O)CCCCCCCCCCCCCCCCCCCCCCC. The molecule has 6 nitrogen and oxygen atoms in total. The molecule has 0 aromatic carbocycles. The molecule has 0 bridgehead atoms. The Bertz CT molecular complexity index is 1260. The van der Waals surface area contributed by atoms with Crippen molar-refractivity contribution in [3.8, 4) is 0 Å². The highest BCUT2D eigenvalue weighted by Gasteiger charge is 2.20. The van der Waals surface area contributed by atoms with E-state index in [0.29, 0.717) is 19.3 Å². The Morgan fingerprint density at radius 3 is 0.617 bits per heavy atom. The van der Waals surface area contributed by atoms with Crippen LogP contribution < -0.4 is 0 Å². The van der Waals surface area contributed by atoms with Gasteiger partial charge in [0.15, 0.2) is 6.10 Å².